The third-order valence-electron chi connectivity index (χ3n) is 6.50. The minimum atomic E-state index is 0.761. The van der Waals surface area contributed by atoms with Gasteiger partial charge in [0.25, 0.3) is 0 Å². The van der Waals surface area contributed by atoms with Crippen LogP contribution in [0.4, 0.5) is 11.4 Å². The van der Waals surface area contributed by atoms with Crippen molar-refractivity contribution in [3.05, 3.63) is 23.3 Å². The first-order chi connectivity index (χ1) is 14.7. The molecule has 0 fully saturated rings. The number of anilines is 2. The van der Waals surface area contributed by atoms with Crippen molar-refractivity contribution >= 4 is 11.4 Å². The van der Waals surface area contributed by atoms with Gasteiger partial charge in [-0.2, -0.15) is 0 Å². The topological polar surface area (TPSA) is 52.0 Å². The number of hydrogen-bond donors (Lipinski definition) is 2. The Bertz CT molecular complexity index is 477. The molecule has 0 radical (unpaired) electrons. The summed E-state index contributed by atoms with van der Waals surface area (Å²) in [5, 5.41) is 0. The zero-order chi connectivity index (χ0) is 21.9. The van der Waals surface area contributed by atoms with Gasteiger partial charge in [-0.1, -0.05) is 117 Å². The van der Waals surface area contributed by atoms with Gasteiger partial charge in [0, 0.05) is 0 Å². The average Bonchev–Trinajstić information content (AvgIpc) is 2.74. The van der Waals surface area contributed by atoms with Crippen molar-refractivity contribution in [1.29, 1.82) is 0 Å². The maximum atomic E-state index is 6.12. The number of rotatable bonds is 20. The Labute approximate surface area is 188 Å². The molecular weight excluding hydrogens is 364 g/mol. The fraction of sp³-hybridized carbons (Fsp3) is 0.786. The van der Waals surface area contributed by atoms with Crippen molar-refractivity contribution in [2.24, 2.45) is 0 Å². The molecule has 0 saturated carbocycles. The molecule has 1 aromatic carbocycles. The first kappa shape index (κ1) is 26.9. The van der Waals surface area contributed by atoms with E-state index in [-0.39, 0.29) is 0 Å². The second kappa shape index (κ2) is 18.6. The maximum absolute atomic E-state index is 6.12. The molecule has 0 aliphatic heterocycles. The van der Waals surface area contributed by atoms with Crippen LogP contribution < -0.4 is 11.5 Å². The minimum Gasteiger partial charge on any atom is -0.397 e. The van der Waals surface area contributed by atoms with Crippen LogP contribution in [-0.4, -0.2) is 0 Å². The SMILES string of the molecule is CCCCCCCCCCCc1cc(N)c(N)cc1CCCCCCCCCCC. The van der Waals surface area contributed by atoms with Gasteiger partial charge in [0.15, 0.2) is 0 Å². The molecule has 1 aromatic rings. The predicted octanol–water partition coefficient (Wildman–Crippen LogP) is 9.00. The van der Waals surface area contributed by atoms with Gasteiger partial charge >= 0.3 is 0 Å². The molecule has 0 unspecified atom stereocenters. The third-order valence-corrected chi connectivity index (χ3v) is 6.50. The second-order valence-corrected chi connectivity index (χ2v) is 9.41. The fourth-order valence-electron chi connectivity index (χ4n) is 4.45. The van der Waals surface area contributed by atoms with Crippen molar-refractivity contribution < 1.29 is 0 Å². The Kier molecular flexibility index (Phi) is 16.6. The van der Waals surface area contributed by atoms with E-state index in [9.17, 15) is 0 Å². The van der Waals surface area contributed by atoms with Crippen LogP contribution in [-0.2, 0) is 12.8 Å². The lowest BCUT2D eigenvalue weighted by atomic mass is 9.95. The van der Waals surface area contributed by atoms with Gasteiger partial charge in [-0.3, -0.25) is 0 Å². The number of aryl methyl sites for hydroxylation is 2. The summed E-state index contributed by atoms with van der Waals surface area (Å²) in [5.41, 5.74) is 16.7. The summed E-state index contributed by atoms with van der Waals surface area (Å²) in [6, 6.07) is 4.31. The quantitative estimate of drug-likeness (QED) is 0.164. The predicted molar refractivity (Wildman–Crippen MR) is 137 cm³/mol. The van der Waals surface area contributed by atoms with E-state index < -0.39 is 0 Å². The molecule has 0 spiro atoms. The largest absolute Gasteiger partial charge is 0.397 e. The molecule has 0 heterocycles. The van der Waals surface area contributed by atoms with Crippen molar-refractivity contribution in [3.63, 3.8) is 0 Å². The van der Waals surface area contributed by atoms with E-state index in [2.05, 4.69) is 26.0 Å². The van der Waals surface area contributed by atoms with Crippen LogP contribution in [0, 0.1) is 0 Å². The number of unbranched alkanes of at least 4 members (excludes halogenated alkanes) is 16. The van der Waals surface area contributed by atoms with Crippen LogP contribution >= 0.6 is 0 Å². The van der Waals surface area contributed by atoms with Crippen LogP contribution in [0.2, 0.25) is 0 Å². The summed E-state index contributed by atoms with van der Waals surface area (Å²) < 4.78 is 0. The first-order valence-corrected chi connectivity index (χ1v) is 13.4. The Morgan fingerprint density at radius 3 is 1.00 bits per heavy atom. The highest BCUT2D eigenvalue weighted by atomic mass is 14.7. The van der Waals surface area contributed by atoms with Gasteiger partial charge in [-0.15, -0.1) is 0 Å². The fourth-order valence-corrected chi connectivity index (χ4v) is 4.45. The van der Waals surface area contributed by atoms with Crippen LogP contribution in [0.3, 0.4) is 0 Å². The van der Waals surface area contributed by atoms with Gasteiger partial charge in [-0.25, -0.2) is 0 Å². The molecule has 30 heavy (non-hydrogen) atoms. The summed E-state index contributed by atoms with van der Waals surface area (Å²) in [6.45, 7) is 4.57. The molecule has 0 aliphatic carbocycles. The maximum Gasteiger partial charge on any atom is 0.0550 e. The van der Waals surface area contributed by atoms with E-state index in [0.717, 1.165) is 24.2 Å². The third kappa shape index (κ3) is 13.2. The zero-order valence-electron chi connectivity index (χ0n) is 20.5. The summed E-state index contributed by atoms with van der Waals surface area (Å²) in [4.78, 5) is 0. The summed E-state index contributed by atoms with van der Waals surface area (Å²) in [5.74, 6) is 0. The molecule has 2 nitrogen and oxygen atoms in total. The van der Waals surface area contributed by atoms with Crippen molar-refractivity contribution in [3.8, 4) is 0 Å². The average molecular weight is 417 g/mol. The smallest absolute Gasteiger partial charge is 0.0550 e. The van der Waals surface area contributed by atoms with Crippen LogP contribution in [0.1, 0.15) is 141 Å². The standard InChI is InChI=1S/C28H52N2/c1-3-5-7-9-11-13-15-17-19-21-25-23-27(29)28(30)24-26(25)22-20-18-16-14-12-10-8-6-4-2/h23-24H,3-22,29-30H2,1-2H3. The highest BCUT2D eigenvalue weighted by molar-refractivity contribution is 5.66. The Morgan fingerprint density at radius 1 is 0.433 bits per heavy atom. The lowest BCUT2D eigenvalue weighted by Crippen LogP contribution is -2.02. The van der Waals surface area contributed by atoms with Gasteiger partial charge in [0.2, 0.25) is 0 Å². The minimum absolute atomic E-state index is 0.761. The van der Waals surface area contributed by atoms with Crippen molar-refractivity contribution in [1.82, 2.24) is 0 Å². The Balaban J connectivity index is 2.24. The van der Waals surface area contributed by atoms with Crippen LogP contribution in [0.5, 0.6) is 0 Å². The van der Waals surface area contributed by atoms with Gasteiger partial charge in [0.05, 0.1) is 11.4 Å². The molecule has 0 aliphatic rings. The molecule has 174 valence electrons. The lowest BCUT2D eigenvalue weighted by Gasteiger charge is -2.13. The molecule has 0 bridgehead atoms. The number of hydrogen-bond acceptors (Lipinski definition) is 2. The molecule has 0 aromatic heterocycles. The van der Waals surface area contributed by atoms with E-state index >= 15 is 0 Å². The zero-order valence-corrected chi connectivity index (χ0v) is 20.5. The van der Waals surface area contributed by atoms with E-state index in [0.29, 0.717) is 0 Å². The molecule has 2 heteroatoms. The molecule has 0 amide bonds. The van der Waals surface area contributed by atoms with Crippen LogP contribution in [0.15, 0.2) is 12.1 Å². The molecule has 1 rings (SSSR count). The molecular formula is C28H52N2. The van der Waals surface area contributed by atoms with Gasteiger partial charge in [-0.05, 0) is 48.9 Å². The van der Waals surface area contributed by atoms with Gasteiger partial charge in [0.1, 0.15) is 0 Å². The van der Waals surface area contributed by atoms with E-state index in [4.69, 9.17) is 11.5 Å². The molecule has 4 N–H and O–H groups in total. The van der Waals surface area contributed by atoms with Gasteiger partial charge < -0.3 is 11.5 Å². The summed E-state index contributed by atoms with van der Waals surface area (Å²) in [6.07, 6.45) is 27.1. The molecule has 0 atom stereocenters. The van der Waals surface area contributed by atoms with Crippen molar-refractivity contribution in [2.45, 2.75) is 142 Å². The number of benzene rings is 1. The van der Waals surface area contributed by atoms with E-state index in [1.165, 1.54) is 127 Å². The van der Waals surface area contributed by atoms with E-state index in [1.807, 2.05) is 0 Å². The summed E-state index contributed by atoms with van der Waals surface area (Å²) in [7, 11) is 0. The van der Waals surface area contributed by atoms with E-state index in [1.54, 1.807) is 0 Å². The summed E-state index contributed by atoms with van der Waals surface area (Å²) >= 11 is 0. The highest BCUT2D eigenvalue weighted by Crippen LogP contribution is 2.25. The Morgan fingerprint density at radius 2 is 0.700 bits per heavy atom. The molecule has 0 saturated heterocycles. The number of nitrogen functional groups attached to an aromatic ring is 2. The second-order valence-electron chi connectivity index (χ2n) is 9.41. The first-order valence-electron chi connectivity index (χ1n) is 13.4. The van der Waals surface area contributed by atoms with Crippen molar-refractivity contribution in [2.75, 3.05) is 11.5 Å². The normalized spacial score (nSPS) is 11.3. The number of nitrogens with two attached hydrogens (primary N) is 2. The highest BCUT2D eigenvalue weighted by Gasteiger charge is 2.07. The monoisotopic (exact) mass is 416 g/mol. The van der Waals surface area contributed by atoms with Crippen LogP contribution in [0.25, 0.3) is 0 Å². The Hall–Kier alpha value is -1.18. The lowest BCUT2D eigenvalue weighted by molar-refractivity contribution is 0.561.